The lowest BCUT2D eigenvalue weighted by Crippen LogP contribution is -2.13. The molecule has 0 saturated carbocycles. The number of halogens is 3. The molecule has 0 fully saturated rings. The van der Waals surface area contributed by atoms with Crippen molar-refractivity contribution in [2.45, 2.75) is 6.04 Å². The smallest absolute Gasteiger partial charge is 0.126 e. The summed E-state index contributed by atoms with van der Waals surface area (Å²) in [4.78, 5) is 3.82. The summed E-state index contributed by atoms with van der Waals surface area (Å²) in [6.07, 6.45) is 2.96. The van der Waals surface area contributed by atoms with Gasteiger partial charge in [-0.2, -0.15) is 0 Å². The Morgan fingerprint density at radius 2 is 1.82 bits per heavy atom. The van der Waals surface area contributed by atoms with Crippen molar-refractivity contribution in [2.24, 2.45) is 5.73 Å². The Kier molecular flexibility index (Phi) is 3.36. The first-order valence-electron chi connectivity index (χ1n) is 4.89. The molecule has 2 rings (SSSR count). The average Bonchev–Trinajstić information content (AvgIpc) is 2.27. The van der Waals surface area contributed by atoms with Gasteiger partial charge in [-0.15, -0.1) is 0 Å². The van der Waals surface area contributed by atoms with Crippen molar-refractivity contribution >= 4 is 11.6 Å². The van der Waals surface area contributed by atoms with Gasteiger partial charge in [0, 0.05) is 18.5 Å². The first-order chi connectivity index (χ1) is 8.08. The van der Waals surface area contributed by atoms with Crippen LogP contribution in [-0.2, 0) is 0 Å². The molecule has 1 heterocycles. The van der Waals surface area contributed by atoms with E-state index in [-0.39, 0.29) is 0 Å². The number of rotatable bonds is 2. The number of pyridine rings is 1. The molecule has 1 aromatic carbocycles. The topological polar surface area (TPSA) is 38.9 Å². The summed E-state index contributed by atoms with van der Waals surface area (Å²) in [5.41, 5.74) is 6.81. The number of hydrogen-bond donors (Lipinski definition) is 1. The van der Waals surface area contributed by atoms with Gasteiger partial charge in [0.05, 0.1) is 11.1 Å². The Morgan fingerprint density at radius 1 is 1.18 bits per heavy atom. The van der Waals surface area contributed by atoms with Gasteiger partial charge in [-0.25, -0.2) is 8.78 Å². The highest BCUT2D eigenvalue weighted by molar-refractivity contribution is 6.31. The fourth-order valence-corrected chi connectivity index (χ4v) is 1.81. The standard InChI is InChI=1S/C12H9ClF2N2/c13-11-6-17-2-1-10(11)12(16)7-3-8(14)5-9(15)4-7/h1-6,12H,16H2. The molecule has 0 amide bonds. The summed E-state index contributed by atoms with van der Waals surface area (Å²) in [6.45, 7) is 0. The largest absolute Gasteiger partial charge is 0.320 e. The average molecular weight is 255 g/mol. The number of aromatic nitrogens is 1. The van der Waals surface area contributed by atoms with Crippen LogP contribution in [0.5, 0.6) is 0 Å². The van der Waals surface area contributed by atoms with Gasteiger partial charge in [-0.1, -0.05) is 11.6 Å². The van der Waals surface area contributed by atoms with Crippen LogP contribution in [0.1, 0.15) is 17.2 Å². The molecule has 0 aliphatic rings. The van der Waals surface area contributed by atoms with Crippen molar-refractivity contribution in [2.75, 3.05) is 0 Å². The fraction of sp³-hybridized carbons (Fsp3) is 0.0833. The molecule has 0 aliphatic carbocycles. The Hall–Kier alpha value is -1.52. The summed E-state index contributed by atoms with van der Waals surface area (Å²) in [6, 6.07) is 4.10. The normalized spacial score (nSPS) is 12.5. The van der Waals surface area contributed by atoms with Gasteiger partial charge in [0.15, 0.2) is 0 Å². The lowest BCUT2D eigenvalue weighted by atomic mass is 10.0. The van der Waals surface area contributed by atoms with E-state index in [0.717, 1.165) is 6.07 Å². The van der Waals surface area contributed by atoms with Gasteiger partial charge < -0.3 is 5.73 Å². The Bertz CT molecular complexity index is 526. The molecule has 0 spiro atoms. The summed E-state index contributed by atoms with van der Waals surface area (Å²) in [5, 5.41) is 0.365. The molecule has 5 heteroatoms. The third kappa shape index (κ3) is 2.60. The molecule has 1 atom stereocenters. The number of benzene rings is 1. The highest BCUT2D eigenvalue weighted by Crippen LogP contribution is 2.26. The molecule has 2 N–H and O–H groups in total. The van der Waals surface area contributed by atoms with Gasteiger partial charge in [0.1, 0.15) is 11.6 Å². The maximum atomic E-state index is 13.1. The van der Waals surface area contributed by atoms with Crippen LogP contribution in [0.2, 0.25) is 5.02 Å². The van der Waals surface area contributed by atoms with Crippen molar-refractivity contribution in [1.82, 2.24) is 4.98 Å². The van der Waals surface area contributed by atoms with Crippen molar-refractivity contribution < 1.29 is 8.78 Å². The van der Waals surface area contributed by atoms with Crippen LogP contribution in [0, 0.1) is 11.6 Å². The summed E-state index contributed by atoms with van der Waals surface area (Å²) in [5.74, 6) is -1.33. The highest BCUT2D eigenvalue weighted by atomic mass is 35.5. The number of hydrogen-bond acceptors (Lipinski definition) is 2. The summed E-state index contributed by atoms with van der Waals surface area (Å²) in [7, 11) is 0. The predicted molar refractivity (Wildman–Crippen MR) is 61.6 cm³/mol. The van der Waals surface area contributed by atoms with Crippen LogP contribution >= 0.6 is 11.6 Å². The summed E-state index contributed by atoms with van der Waals surface area (Å²) < 4.78 is 26.1. The van der Waals surface area contributed by atoms with E-state index in [1.165, 1.54) is 24.5 Å². The molecular formula is C12H9ClF2N2. The van der Waals surface area contributed by atoms with Crippen LogP contribution in [0.25, 0.3) is 0 Å². The number of nitrogens with two attached hydrogens (primary N) is 1. The Labute approximate surface area is 102 Å². The van der Waals surface area contributed by atoms with E-state index >= 15 is 0 Å². The van der Waals surface area contributed by atoms with E-state index in [9.17, 15) is 8.78 Å². The SMILES string of the molecule is NC(c1cc(F)cc(F)c1)c1ccncc1Cl. The molecule has 0 radical (unpaired) electrons. The zero-order valence-corrected chi connectivity index (χ0v) is 9.46. The van der Waals surface area contributed by atoms with Gasteiger partial charge in [0.2, 0.25) is 0 Å². The minimum atomic E-state index is -0.685. The molecule has 88 valence electrons. The maximum absolute atomic E-state index is 13.1. The molecule has 2 nitrogen and oxygen atoms in total. The van der Waals surface area contributed by atoms with Gasteiger partial charge in [0.25, 0.3) is 0 Å². The van der Waals surface area contributed by atoms with Crippen molar-refractivity contribution in [3.05, 3.63) is 64.4 Å². The second kappa shape index (κ2) is 4.77. The second-order valence-electron chi connectivity index (χ2n) is 3.58. The molecule has 1 unspecified atom stereocenters. The molecule has 0 saturated heterocycles. The van der Waals surface area contributed by atoms with Crippen LogP contribution in [0.3, 0.4) is 0 Å². The van der Waals surface area contributed by atoms with E-state index in [4.69, 9.17) is 17.3 Å². The third-order valence-electron chi connectivity index (χ3n) is 2.38. The van der Waals surface area contributed by atoms with Gasteiger partial charge >= 0.3 is 0 Å². The van der Waals surface area contributed by atoms with Crippen LogP contribution < -0.4 is 5.73 Å². The van der Waals surface area contributed by atoms with Crippen molar-refractivity contribution in [3.63, 3.8) is 0 Å². The van der Waals surface area contributed by atoms with Crippen LogP contribution in [0.15, 0.2) is 36.7 Å². The molecule has 0 bridgehead atoms. The van der Waals surface area contributed by atoms with E-state index in [0.29, 0.717) is 16.1 Å². The molecule has 2 aromatic rings. The van der Waals surface area contributed by atoms with E-state index in [1.807, 2.05) is 0 Å². The fourth-order valence-electron chi connectivity index (χ4n) is 1.57. The molecule has 17 heavy (non-hydrogen) atoms. The van der Waals surface area contributed by atoms with E-state index in [1.54, 1.807) is 6.07 Å². The van der Waals surface area contributed by atoms with Crippen LogP contribution in [-0.4, -0.2) is 4.98 Å². The van der Waals surface area contributed by atoms with Crippen molar-refractivity contribution in [1.29, 1.82) is 0 Å². The lowest BCUT2D eigenvalue weighted by Gasteiger charge is -2.13. The first-order valence-corrected chi connectivity index (χ1v) is 5.26. The van der Waals surface area contributed by atoms with Crippen LogP contribution in [0.4, 0.5) is 8.78 Å². The quantitative estimate of drug-likeness (QED) is 0.895. The van der Waals surface area contributed by atoms with E-state index in [2.05, 4.69) is 4.98 Å². The highest BCUT2D eigenvalue weighted by Gasteiger charge is 2.14. The summed E-state index contributed by atoms with van der Waals surface area (Å²) >= 11 is 5.92. The second-order valence-corrected chi connectivity index (χ2v) is 3.98. The van der Waals surface area contributed by atoms with Gasteiger partial charge in [-0.05, 0) is 29.3 Å². The molecule has 0 aliphatic heterocycles. The van der Waals surface area contributed by atoms with E-state index < -0.39 is 17.7 Å². The minimum absolute atomic E-state index is 0.329. The molecular weight excluding hydrogens is 246 g/mol. The minimum Gasteiger partial charge on any atom is -0.320 e. The zero-order chi connectivity index (χ0) is 12.4. The van der Waals surface area contributed by atoms with Crippen molar-refractivity contribution in [3.8, 4) is 0 Å². The first kappa shape index (κ1) is 12.0. The maximum Gasteiger partial charge on any atom is 0.126 e. The predicted octanol–water partition coefficient (Wildman–Crippen LogP) is 3.06. The Balaban J connectivity index is 2.43. The lowest BCUT2D eigenvalue weighted by molar-refractivity contribution is 0.577. The number of nitrogens with zero attached hydrogens (tertiary/aromatic N) is 1. The zero-order valence-electron chi connectivity index (χ0n) is 8.70. The monoisotopic (exact) mass is 254 g/mol. The molecule has 1 aromatic heterocycles. The Morgan fingerprint density at radius 3 is 2.41 bits per heavy atom. The third-order valence-corrected chi connectivity index (χ3v) is 2.70. The van der Waals surface area contributed by atoms with Gasteiger partial charge in [-0.3, -0.25) is 4.98 Å².